The molecule has 1 aromatic carbocycles. The average Bonchev–Trinajstić information content (AvgIpc) is 2.85. The molecule has 1 aromatic heterocycles. The van der Waals surface area contributed by atoms with Gasteiger partial charge in [-0.3, -0.25) is 9.78 Å². The summed E-state index contributed by atoms with van der Waals surface area (Å²) in [5.74, 6) is 0.469. The largest absolute Gasteiger partial charge is 0.346 e. The van der Waals surface area contributed by atoms with Crippen molar-refractivity contribution in [3.8, 4) is 0 Å². The molecule has 1 aliphatic heterocycles. The van der Waals surface area contributed by atoms with E-state index in [0.29, 0.717) is 25.5 Å². The summed E-state index contributed by atoms with van der Waals surface area (Å²) in [5.41, 5.74) is 3.98. The minimum Gasteiger partial charge on any atom is -0.346 e. The number of carbonyl (C=O) groups excluding carboxylic acids is 1. The Labute approximate surface area is 135 Å². The summed E-state index contributed by atoms with van der Waals surface area (Å²) in [6.07, 6.45) is 1.76. The van der Waals surface area contributed by atoms with Crippen molar-refractivity contribution >= 4 is 11.7 Å². The van der Waals surface area contributed by atoms with E-state index in [1.807, 2.05) is 36.4 Å². The fraction of sp³-hybridized carbons (Fsp3) is 0.222. The summed E-state index contributed by atoms with van der Waals surface area (Å²) in [6, 6.07) is 11.7. The van der Waals surface area contributed by atoms with Gasteiger partial charge in [0.1, 0.15) is 5.84 Å². The van der Waals surface area contributed by atoms with E-state index in [1.165, 1.54) is 6.92 Å². The highest BCUT2D eigenvalue weighted by Crippen LogP contribution is 2.26. The van der Waals surface area contributed by atoms with Crippen LogP contribution in [-0.2, 0) is 24.4 Å². The number of hydrogen-bond donors (Lipinski definition) is 0. The highest BCUT2D eigenvalue weighted by atomic mass is 16.1. The number of hydrogen-bond acceptors (Lipinski definition) is 2. The van der Waals surface area contributed by atoms with E-state index in [0.717, 1.165) is 22.4 Å². The van der Waals surface area contributed by atoms with E-state index in [9.17, 15) is 4.79 Å². The summed E-state index contributed by atoms with van der Waals surface area (Å²) >= 11 is 0. The number of aliphatic imine (C=N–C) groups is 1. The molecule has 2 aromatic rings. The quantitative estimate of drug-likeness (QED) is 0.819. The van der Waals surface area contributed by atoms with E-state index < -0.39 is 0 Å². The Hall–Kier alpha value is -3.00. The zero-order valence-corrected chi connectivity index (χ0v) is 12.9. The van der Waals surface area contributed by atoms with Gasteiger partial charge in [0.25, 0.3) is 0 Å². The first-order valence-electron chi connectivity index (χ1n) is 7.37. The summed E-state index contributed by atoms with van der Waals surface area (Å²) in [7, 11) is 0. The number of amides is 1. The van der Waals surface area contributed by atoms with E-state index >= 15 is 0 Å². The summed E-state index contributed by atoms with van der Waals surface area (Å²) in [5, 5.41) is 0. The van der Waals surface area contributed by atoms with Crippen molar-refractivity contribution in [1.82, 2.24) is 9.88 Å². The van der Waals surface area contributed by atoms with Crippen LogP contribution in [0, 0.1) is 6.57 Å². The monoisotopic (exact) mass is 304 g/mol. The smallest absolute Gasteiger partial charge is 0.244 e. The number of fused-ring (bicyclic) bond motifs is 1. The maximum absolute atomic E-state index is 11.5. The van der Waals surface area contributed by atoms with Crippen LogP contribution in [0.25, 0.3) is 4.85 Å². The lowest BCUT2D eigenvalue weighted by Gasteiger charge is -2.18. The summed E-state index contributed by atoms with van der Waals surface area (Å²) in [4.78, 5) is 25.5. The van der Waals surface area contributed by atoms with Crippen LogP contribution < -0.4 is 0 Å². The lowest BCUT2D eigenvalue weighted by atomic mass is 10.1. The van der Waals surface area contributed by atoms with Gasteiger partial charge in [-0.05, 0) is 23.8 Å². The number of carbonyl (C=O) groups is 1. The van der Waals surface area contributed by atoms with Gasteiger partial charge in [0.05, 0.1) is 12.2 Å². The van der Waals surface area contributed by atoms with Crippen molar-refractivity contribution in [2.24, 2.45) is 4.99 Å². The van der Waals surface area contributed by atoms with E-state index in [2.05, 4.69) is 19.7 Å². The number of benzene rings is 1. The average molecular weight is 304 g/mol. The van der Waals surface area contributed by atoms with Crippen LogP contribution in [0.1, 0.15) is 29.3 Å². The van der Waals surface area contributed by atoms with Crippen LogP contribution in [0.2, 0.25) is 0 Å². The molecule has 0 bridgehead atoms. The molecule has 0 fully saturated rings. The van der Waals surface area contributed by atoms with Gasteiger partial charge in [0, 0.05) is 30.8 Å². The number of amidine groups is 1. The molecule has 0 saturated carbocycles. The zero-order valence-electron chi connectivity index (χ0n) is 12.9. The lowest BCUT2D eigenvalue weighted by Crippen LogP contribution is -2.25. The third-order valence-electron chi connectivity index (χ3n) is 3.68. The van der Waals surface area contributed by atoms with Crippen LogP contribution >= 0.6 is 0 Å². The number of nitrogens with zero attached hydrogens (tertiary/aromatic N) is 4. The second-order valence-electron chi connectivity index (χ2n) is 5.44. The highest BCUT2D eigenvalue weighted by molar-refractivity contribution is 6.07. The molecule has 0 N–H and O–H groups in total. The molecule has 1 amide bonds. The molecule has 2 heterocycles. The Kier molecular flexibility index (Phi) is 4.15. The van der Waals surface area contributed by atoms with Gasteiger partial charge in [0.15, 0.2) is 0 Å². The van der Waals surface area contributed by atoms with Crippen molar-refractivity contribution in [3.05, 3.63) is 76.4 Å². The van der Waals surface area contributed by atoms with Gasteiger partial charge in [-0.25, -0.2) is 6.57 Å². The van der Waals surface area contributed by atoms with Crippen LogP contribution in [0.4, 0.5) is 0 Å². The second kappa shape index (κ2) is 6.41. The SMILES string of the molecule is [C-]#[N+]Cc1ccc2c(c1)CN(Cc1ccccn1)/C2=N\C(C)=O. The van der Waals surface area contributed by atoms with Gasteiger partial charge < -0.3 is 9.74 Å². The van der Waals surface area contributed by atoms with Crippen LogP contribution in [0.15, 0.2) is 47.6 Å². The highest BCUT2D eigenvalue weighted by Gasteiger charge is 2.26. The molecule has 5 nitrogen and oxygen atoms in total. The molecule has 3 rings (SSSR count). The standard InChI is InChI=1S/C18H16N4O/c1-13(23)21-18-17-7-6-14(10-19-2)9-15(17)11-22(18)12-16-5-3-4-8-20-16/h3-9H,10-12H2,1H3/b21-18-. The minimum absolute atomic E-state index is 0.218. The van der Waals surface area contributed by atoms with Crippen molar-refractivity contribution in [3.63, 3.8) is 0 Å². The fourth-order valence-electron chi connectivity index (χ4n) is 2.73. The molecule has 0 unspecified atom stereocenters. The third-order valence-corrected chi connectivity index (χ3v) is 3.68. The van der Waals surface area contributed by atoms with Crippen molar-refractivity contribution in [2.45, 2.75) is 26.6 Å². The summed E-state index contributed by atoms with van der Waals surface area (Å²) in [6.45, 7) is 10.1. The maximum atomic E-state index is 11.5. The lowest BCUT2D eigenvalue weighted by molar-refractivity contribution is -0.115. The Morgan fingerprint density at radius 1 is 1.39 bits per heavy atom. The molecule has 5 heteroatoms. The van der Waals surface area contributed by atoms with Crippen molar-refractivity contribution in [1.29, 1.82) is 0 Å². The molecule has 0 atom stereocenters. The first-order chi connectivity index (χ1) is 11.2. The Morgan fingerprint density at radius 2 is 2.26 bits per heavy atom. The molecular weight excluding hydrogens is 288 g/mol. The molecular formula is C18H16N4O. The van der Waals surface area contributed by atoms with Crippen LogP contribution in [0.5, 0.6) is 0 Å². The summed E-state index contributed by atoms with van der Waals surface area (Å²) < 4.78 is 0. The zero-order chi connectivity index (χ0) is 16.2. The first kappa shape index (κ1) is 14.9. The minimum atomic E-state index is -0.218. The van der Waals surface area contributed by atoms with E-state index in [-0.39, 0.29) is 5.91 Å². The molecule has 0 spiro atoms. The van der Waals surface area contributed by atoms with Gasteiger partial charge in [-0.2, -0.15) is 4.99 Å². The van der Waals surface area contributed by atoms with Crippen LogP contribution in [0.3, 0.4) is 0 Å². The number of rotatable bonds is 3. The van der Waals surface area contributed by atoms with Crippen molar-refractivity contribution < 1.29 is 4.79 Å². The third kappa shape index (κ3) is 3.27. The molecule has 0 saturated heterocycles. The van der Waals surface area contributed by atoms with Gasteiger partial charge >= 0.3 is 0 Å². The fourth-order valence-corrected chi connectivity index (χ4v) is 2.73. The molecule has 114 valence electrons. The first-order valence-corrected chi connectivity index (χ1v) is 7.37. The Bertz CT molecular complexity index is 806. The van der Waals surface area contributed by atoms with Crippen molar-refractivity contribution in [2.75, 3.05) is 0 Å². The molecule has 0 aliphatic carbocycles. The van der Waals surface area contributed by atoms with Gasteiger partial charge in [-0.15, -0.1) is 0 Å². The Balaban J connectivity index is 1.95. The molecule has 1 aliphatic rings. The molecule has 23 heavy (non-hydrogen) atoms. The second-order valence-corrected chi connectivity index (χ2v) is 5.44. The predicted octanol–water partition coefficient (Wildman–Crippen LogP) is 2.81. The van der Waals surface area contributed by atoms with Gasteiger partial charge in [-0.1, -0.05) is 18.2 Å². The van der Waals surface area contributed by atoms with Gasteiger partial charge in [0.2, 0.25) is 12.5 Å². The number of aromatic nitrogens is 1. The Morgan fingerprint density at radius 3 is 2.96 bits per heavy atom. The number of pyridine rings is 1. The predicted molar refractivity (Wildman–Crippen MR) is 87.5 cm³/mol. The molecule has 0 radical (unpaired) electrons. The topological polar surface area (TPSA) is 49.9 Å². The normalized spacial score (nSPS) is 14.6. The van der Waals surface area contributed by atoms with E-state index in [1.54, 1.807) is 6.20 Å². The van der Waals surface area contributed by atoms with E-state index in [4.69, 9.17) is 6.57 Å². The van der Waals surface area contributed by atoms with Crippen LogP contribution in [-0.4, -0.2) is 21.6 Å². The maximum Gasteiger partial charge on any atom is 0.244 e.